The first kappa shape index (κ1) is 16.1. The lowest BCUT2D eigenvalue weighted by Crippen LogP contribution is -2.23. The number of aromatic nitrogens is 4. The average molecular weight is 345 g/mol. The van der Waals surface area contributed by atoms with Gasteiger partial charge in [-0.1, -0.05) is 6.07 Å². The third-order valence-electron chi connectivity index (χ3n) is 3.50. The normalized spacial score (nSPS) is 12.0. The molecule has 24 heavy (non-hydrogen) atoms. The Morgan fingerprint density at radius 1 is 1.25 bits per heavy atom. The Labute approximate surface area is 140 Å². The highest BCUT2D eigenvalue weighted by Crippen LogP contribution is 2.27. The number of aliphatic carboxylic acids is 1. The van der Waals surface area contributed by atoms with E-state index < -0.39 is 5.97 Å². The maximum absolute atomic E-state index is 11.9. The summed E-state index contributed by atoms with van der Waals surface area (Å²) in [5, 5.41) is 18.9. The lowest BCUT2D eigenvalue weighted by molar-refractivity contribution is -0.298. The van der Waals surface area contributed by atoms with Gasteiger partial charge in [-0.2, -0.15) is 0 Å². The number of imidazole rings is 1. The summed E-state index contributed by atoms with van der Waals surface area (Å²) in [6.45, 7) is 1.61. The van der Waals surface area contributed by atoms with Gasteiger partial charge in [0, 0.05) is 25.9 Å². The van der Waals surface area contributed by atoms with E-state index >= 15 is 0 Å². The molecule has 1 aromatic carbocycles. The van der Waals surface area contributed by atoms with E-state index in [1.807, 2.05) is 0 Å². The van der Waals surface area contributed by atoms with Crippen LogP contribution in [-0.2, 0) is 18.9 Å². The molecule has 2 heterocycles. The number of thioether (sulfide) groups is 1. The fraction of sp³-hybridized carbons (Fsp3) is 0.200. The zero-order valence-electron chi connectivity index (χ0n) is 13.1. The van der Waals surface area contributed by atoms with Crippen LogP contribution in [-0.4, -0.2) is 25.3 Å². The van der Waals surface area contributed by atoms with Crippen molar-refractivity contribution < 1.29 is 14.3 Å². The number of rotatable bonds is 4. The van der Waals surface area contributed by atoms with Crippen LogP contribution in [0.3, 0.4) is 0 Å². The minimum absolute atomic E-state index is 0.0704. The van der Waals surface area contributed by atoms with Gasteiger partial charge >= 0.3 is 5.69 Å². The first-order chi connectivity index (χ1) is 11.4. The predicted octanol–water partition coefficient (Wildman–Crippen LogP) is 0.452. The molecule has 0 spiro atoms. The van der Waals surface area contributed by atoms with Gasteiger partial charge in [0.2, 0.25) is 5.89 Å². The van der Waals surface area contributed by atoms with Crippen molar-refractivity contribution in [3.05, 3.63) is 45.0 Å². The number of hydrogen-bond acceptors (Lipinski definition) is 7. The lowest BCUT2D eigenvalue weighted by atomic mass is 10.2. The first-order valence-electron chi connectivity index (χ1n) is 6.93. The third kappa shape index (κ3) is 2.85. The number of carbonyl (C=O) groups is 1. The van der Waals surface area contributed by atoms with E-state index in [0.717, 1.165) is 17.3 Å². The fourth-order valence-electron chi connectivity index (χ4n) is 2.31. The number of carboxylic acids is 1. The van der Waals surface area contributed by atoms with Gasteiger partial charge in [0.25, 0.3) is 5.22 Å². The van der Waals surface area contributed by atoms with Crippen LogP contribution in [0.25, 0.3) is 17.1 Å². The molecule has 0 aliphatic heterocycles. The zero-order valence-corrected chi connectivity index (χ0v) is 14.0. The molecule has 3 aromatic rings. The van der Waals surface area contributed by atoms with Crippen LogP contribution in [0.2, 0.25) is 0 Å². The molecule has 8 nitrogen and oxygen atoms in total. The van der Waals surface area contributed by atoms with Crippen molar-refractivity contribution in [3.63, 3.8) is 0 Å². The monoisotopic (exact) mass is 345 g/mol. The highest BCUT2D eigenvalue weighted by Gasteiger charge is 2.11. The fourth-order valence-corrected chi connectivity index (χ4v) is 3.02. The number of carbonyl (C=O) groups excluding carboxylic acids is 1. The minimum Gasteiger partial charge on any atom is -0.544 e. The van der Waals surface area contributed by atoms with E-state index in [-0.39, 0.29) is 15.8 Å². The molecule has 0 N–H and O–H groups in total. The second-order valence-electron chi connectivity index (χ2n) is 5.13. The predicted molar refractivity (Wildman–Crippen MR) is 86.0 cm³/mol. The summed E-state index contributed by atoms with van der Waals surface area (Å²) in [6.07, 6.45) is 1.44. The first-order valence-corrected chi connectivity index (χ1v) is 7.75. The Balaban J connectivity index is 2.03. The van der Waals surface area contributed by atoms with Gasteiger partial charge in [-0.3, -0.25) is 9.13 Å². The molecule has 0 aliphatic carbocycles. The molecule has 0 fully saturated rings. The van der Waals surface area contributed by atoms with E-state index in [2.05, 4.69) is 10.2 Å². The number of carboxylic acid groups (broad SMARTS) is 1. The van der Waals surface area contributed by atoms with Crippen LogP contribution in [0.4, 0.5) is 0 Å². The Hall–Kier alpha value is -2.81. The largest absolute Gasteiger partial charge is 0.544 e. The summed E-state index contributed by atoms with van der Waals surface area (Å²) >= 11 is 0.815. The van der Waals surface area contributed by atoms with Gasteiger partial charge in [0.05, 0.1) is 17.0 Å². The van der Waals surface area contributed by atoms with Crippen molar-refractivity contribution in [1.29, 1.82) is 0 Å². The maximum Gasteiger partial charge on any atom is 0.328 e. The quantitative estimate of drug-likeness (QED) is 0.499. The molecule has 0 radical (unpaired) electrons. The third-order valence-corrected chi connectivity index (χ3v) is 4.34. The summed E-state index contributed by atoms with van der Waals surface area (Å²) in [4.78, 5) is 23.2. The highest BCUT2D eigenvalue weighted by atomic mass is 32.2. The molecule has 0 aliphatic rings. The molecule has 0 saturated carbocycles. The summed E-state index contributed by atoms with van der Waals surface area (Å²) in [5.74, 6) is -1.01. The Bertz CT molecular complexity index is 1030. The molecule has 9 heteroatoms. The Morgan fingerprint density at radius 3 is 2.58 bits per heavy atom. The van der Waals surface area contributed by atoms with Crippen LogP contribution in [0, 0.1) is 6.92 Å². The van der Waals surface area contributed by atoms with Gasteiger partial charge in [0.1, 0.15) is 0 Å². The molecule has 0 atom stereocenters. The van der Waals surface area contributed by atoms with Gasteiger partial charge in [-0.25, -0.2) is 4.79 Å². The average Bonchev–Trinajstić information content (AvgIpc) is 3.04. The van der Waals surface area contributed by atoms with Crippen molar-refractivity contribution in [1.82, 2.24) is 19.3 Å². The van der Waals surface area contributed by atoms with E-state index in [1.54, 1.807) is 39.2 Å². The molecule has 0 saturated heterocycles. The van der Waals surface area contributed by atoms with Crippen LogP contribution in [0.15, 0.2) is 37.5 Å². The summed E-state index contributed by atoms with van der Waals surface area (Å²) in [5.41, 5.74) is 1.93. The van der Waals surface area contributed by atoms with Crippen LogP contribution < -0.4 is 10.8 Å². The summed E-state index contributed by atoms with van der Waals surface area (Å²) in [6, 6.07) is 5.22. The van der Waals surface area contributed by atoms with E-state index in [0.29, 0.717) is 17.0 Å². The number of fused-ring (bicyclic) bond motifs is 1. The Morgan fingerprint density at radius 2 is 1.96 bits per heavy atom. The molecular weight excluding hydrogens is 332 g/mol. The molecule has 2 aromatic heterocycles. The number of hydrogen-bond donors (Lipinski definition) is 0. The summed E-state index contributed by atoms with van der Waals surface area (Å²) < 4.78 is 8.20. The van der Waals surface area contributed by atoms with Crippen molar-refractivity contribution in [2.45, 2.75) is 12.1 Å². The van der Waals surface area contributed by atoms with E-state index in [9.17, 15) is 14.7 Å². The van der Waals surface area contributed by atoms with Gasteiger partial charge < -0.3 is 14.3 Å². The van der Waals surface area contributed by atoms with E-state index in [4.69, 9.17) is 4.42 Å². The number of benzene rings is 1. The number of aryl methyl sites for hydroxylation is 3. The zero-order chi connectivity index (χ0) is 17.4. The molecular formula is C15H13N4O4S-. The van der Waals surface area contributed by atoms with Crippen molar-refractivity contribution in [3.8, 4) is 0 Å². The maximum atomic E-state index is 11.9. The van der Waals surface area contributed by atoms with Crippen LogP contribution in [0.5, 0.6) is 0 Å². The number of nitrogens with zero attached hydrogens (tertiary/aromatic N) is 4. The van der Waals surface area contributed by atoms with Gasteiger partial charge in [-0.05, 0) is 35.5 Å². The molecule has 3 rings (SSSR count). The van der Waals surface area contributed by atoms with Crippen molar-refractivity contribution in [2.24, 2.45) is 14.1 Å². The topological polar surface area (TPSA) is 106 Å². The second-order valence-corrected chi connectivity index (χ2v) is 6.13. The van der Waals surface area contributed by atoms with Crippen LogP contribution in [0.1, 0.15) is 11.5 Å². The van der Waals surface area contributed by atoms with Crippen molar-refractivity contribution in [2.75, 3.05) is 0 Å². The molecule has 124 valence electrons. The highest BCUT2D eigenvalue weighted by molar-refractivity contribution is 8.03. The standard InChI is InChI=1S/C15H14N4O4S/c1-8-16-17-14(23-8)24-12(13(20)21)7-9-4-5-10-11(6-9)19(3)15(22)18(10)2/h4-7H,1-3H3,(H,20,21)/p-1/b12-7-. The van der Waals surface area contributed by atoms with E-state index in [1.165, 1.54) is 15.2 Å². The molecule has 0 amide bonds. The SMILES string of the molecule is Cc1nnc(S/C(=C\c2ccc3c(c2)n(C)c(=O)n3C)C(=O)[O-])o1. The summed E-state index contributed by atoms with van der Waals surface area (Å²) in [7, 11) is 3.34. The smallest absolute Gasteiger partial charge is 0.328 e. The van der Waals surface area contributed by atoms with Gasteiger partial charge in [0.15, 0.2) is 0 Å². The lowest BCUT2D eigenvalue weighted by Gasteiger charge is -2.06. The Kier molecular flexibility index (Phi) is 4.02. The molecule has 0 bridgehead atoms. The van der Waals surface area contributed by atoms with Crippen LogP contribution >= 0.6 is 11.8 Å². The molecule has 0 unspecified atom stereocenters. The minimum atomic E-state index is -1.35. The van der Waals surface area contributed by atoms with Crippen molar-refractivity contribution >= 4 is 34.8 Å². The van der Waals surface area contributed by atoms with Gasteiger partial charge in [-0.15, -0.1) is 10.2 Å². The second kappa shape index (κ2) is 6.00.